The van der Waals surface area contributed by atoms with E-state index in [1.807, 2.05) is 24.3 Å². The van der Waals surface area contributed by atoms with Crippen molar-refractivity contribution in [3.8, 4) is 5.75 Å². The first kappa shape index (κ1) is 13.9. The standard InChI is InChI=1S/C16H20N2O3/c1-10-15(19)17-14(12-5-6-12)16(20)18(10)9-11-3-7-13(21-2)8-4-11/h3-4,7-8,10,12,14H,5-6,9H2,1-2H3,(H,17,19). The van der Waals surface area contributed by atoms with Crippen LogP contribution in [0.5, 0.6) is 5.75 Å². The number of hydrogen-bond donors (Lipinski definition) is 1. The van der Waals surface area contributed by atoms with Crippen LogP contribution in [0.3, 0.4) is 0 Å². The van der Waals surface area contributed by atoms with E-state index in [0.717, 1.165) is 24.2 Å². The van der Waals surface area contributed by atoms with Crippen LogP contribution < -0.4 is 10.1 Å². The number of methoxy groups -OCH3 is 1. The maximum Gasteiger partial charge on any atom is 0.246 e. The van der Waals surface area contributed by atoms with Gasteiger partial charge in [-0.25, -0.2) is 0 Å². The first-order chi connectivity index (χ1) is 10.1. The van der Waals surface area contributed by atoms with E-state index in [0.29, 0.717) is 12.5 Å². The molecular weight excluding hydrogens is 268 g/mol. The fourth-order valence-corrected chi connectivity index (χ4v) is 2.74. The third kappa shape index (κ3) is 2.73. The molecule has 2 amide bonds. The summed E-state index contributed by atoms with van der Waals surface area (Å²) in [7, 11) is 1.62. The first-order valence-corrected chi connectivity index (χ1v) is 7.34. The van der Waals surface area contributed by atoms with E-state index in [4.69, 9.17) is 4.74 Å². The van der Waals surface area contributed by atoms with Crippen molar-refractivity contribution in [3.63, 3.8) is 0 Å². The van der Waals surface area contributed by atoms with E-state index < -0.39 is 6.04 Å². The van der Waals surface area contributed by atoms with Gasteiger partial charge in [-0.15, -0.1) is 0 Å². The fraction of sp³-hybridized carbons (Fsp3) is 0.500. The van der Waals surface area contributed by atoms with Crippen LogP contribution in [0.4, 0.5) is 0 Å². The molecule has 2 unspecified atom stereocenters. The minimum atomic E-state index is -0.422. The summed E-state index contributed by atoms with van der Waals surface area (Å²) in [4.78, 5) is 26.3. The highest BCUT2D eigenvalue weighted by atomic mass is 16.5. The zero-order chi connectivity index (χ0) is 15.0. The first-order valence-electron chi connectivity index (χ1n) is 7.34. The van der Waals surface area contributed by atoms with E-state index >= 15 is 0 Å². The number of piperazine rings is 1. The maximum absolute atomic E-state index is 12.6. The van der Waals surface area contributed by atoms with Gasteiger partial charge >= 0.3 is 0 Å². The van der Waals surface area contributed by atoms with Crippen LogP contribution in [-0.4, -0.2) is 35.9 Å². The van der Waals surface area contributed by atoms with Crippen molar-refractivity contribution in [2.75, 3.05) is 7.11 Å². The monoisotopic (exact) mass is 288 g/mol. The molecule has 1 aromatic carbocycles. The normalized spacial score (nSPS) is 25.7. The van der Waals surface area contributed by atoms with E-state index in [9.17, 15) is 9.59 Å². The zero-order valence-corrected chi connectivity index (χ0v) is 12.3. The third-order valence-electron chi connectivity index (χ3n) is 4.30. The lowest BCUT2D eigenvalue weighted by Crippen LogP contribution is -2.62. The van der Waals surface area contributed by atoms with E-state index in [2.05, 4.69) is 5.32 Å². The molecule has 1 heterocycles. The Balaban J connectivity index is 1.77. The highest BCUT2D eigenvalue weighted by molar-refractivity contribution is 5.97. The molecule has 0 radical (unpaired) electrons. The van der Waals surface area contributed by atoms with Gasteiger partial charge < -0.3 is 15.0 Å². The predicted octanol–water partition coefficient (Wildman–Crippen LogP) is 1.32. The highest BCUT2D eigenvalue weighted by Gasteiger charge is 2.45. The fourth-order valence-electron chi connectivity index (χ4n) is 2.74. The molecule has 2 aliphatic rings. The number of ether oxygens (including phenoxy) is 1. The number of benzene rings is 1. The van der Waals surface area contributed by atoms with Crippen LogP contribution >= 0.6 is 0 Å². The molecule has 1 aliphatic carbocycles. The van der Waals surface area contributed by atoms with Crippen LogP contribution in [0.2, 0.25) is 0 Å². The average molecular weight is 288 g/mol. The van der Waals surface area contributed by atoms with Gasteiger partial charge in [0.1, 0.15) is 17.8 Å². The molecule has 5 heteroatoms. The Hall–Kier alpha value is -2.04. The summed E-state index contributed by atoms with van der Waals surface area (Å²) in [6.45, 7) is 2.24. The van der Waals surface area contributed by atoms with Crippen molar-refractivity contribution in [1.29, 1.82) is 0 Å². The van der Waals surface area contributed by atoms with Crippen molar-refractivity contribution < 1.29 is 14.3 Å². The van der Waals surface area contributed by atoms with E-state index in [1.54, 1.807) is 18.9 Å². The Labute approximate surface area is 124 Å². The van der Waals surface area contributed by atoms with Gasteiger partial charge in [-0.1, -0.05) is 12.1 Å². The minimum absolute atomic E-state index is 0.0421. The molecule has 2 fully saturated rings. The quantitative estimate of drug-likeness (QED) is 0.909. The summed E-state index contributed by atoms with van der Waals surface area (Å²) < 4.78 is 5.13. The third-order valence-corrected chi connectivity index (χ3v) is 4.30. The summed E-state index contributed by atoms with van der Waals surface area (Å²) in [5, 5.41) is 2.86. The molecule has 1 saturated carbocycles. The summed E-state index contributed by atoms with van der Waals surface area (Å²) in [6.07, 6.45) is 2.06. The predicted molar refractivity (Wildman–Crippen MR) is 77.7 cm³/mol. The maximum atomic E-state index is 12.6. The minimum Gasteiger partial charge on any atom is -0.497 e. The summed E-state index contributed by atoms with van der Waals surface area (Å²) in [6, 6.07) is 6.84. The number of amides is 2. The molecule has 0 bridgehead atoms. The molecule has 21 heavy (non-hydrogen) atoms. The SMILES string of the molecule is COc1ccc(CN2C(=O)C(C3CC3)NC(=O)C2C)cc1. The summed E-state index contributed by atoms with van der Waals surface area (Å²) >= 11 is 0. The van der Waals surface area contributed by atoms with E-state index in [1.165, 1.54) is 0 Å². The molecular formula is C16H20N2O3. The summed E-state index contributed by atoms with van der Waals surface area (Å²) in [5.41, 5.74) is 1.00. The number of rotatable bonds is 4. The Morgan fingerprint density at radius 2 is 1.90 bits per heavy atom. The van der Waals surface area contributed by atoms with Crippen LogP contribution in [0.1, 0.15) is 25.3 Å². The Bertz CT molecular complexity index is 551. The largest absolute Gasteiger partial charge is 0.497 e. The van der Waals surface area contributed by atoms with Gasteiger partial charge in [-0.05, 0) is 43.4 Å². The molecule has 1 N–H and O–H groups in total. The lowest BCUT2D eigenvalue weighted by molar-refractivity contribution is -0.149. The lowest BCUT2D eigenvalue weighted by atomic mass is 10.0. The van der Waals surface area contributed by atoms with Gasteiger partial charge in [-0.2, -0.15) is 0 Å². The second-order valence-corrected chi connectivity index (χ2v) is 5.81. The van der Waals surface area contributed by atoms with E-state index in [-0.39, 0.29) is 17.9 Å². The highest BCUT2D eigenvalue weighted by Crippen LogP contribution is 2.35. The van der Waals surface area contributed by atoms with Crippen molar-refractivity contribution in [1.82, 2.24) is 10.2 Å². The van der Waals surface area contributed by atoms with Crippen LogP contribution in [0.25, 0.3) is 0 Å². The number of carbonyl (C=O) groups excluding carboxylic acids is 2. The number of nitrogens with zero attached hydrogens (tertiary/aromatic N) is 1. The Kier molecular flexibility index (Phi) is 3.57. The second kappa shape index (κ2) is 5.39. The molecule has 1 aromatic rings. The molecule has 5 nitrogen and oxygen atoms in total. The average Bonchev–Trinajstić information content (AvgIpc) is 3.32. The van der Waals surface area contributed by atoms with Crippen molar-refractivity contribution in [3.05, 3.63) is 29.8 Å². The number of nitrogens with one attached hydrogen (secondary N) is 1. The van der Waals surface area contributed by atoms with Gasteiger partial charge in [-0.3, -0.25) is 9.59 Å². The lowest BCUT2D eigenvalue weighted by Gasteiger charge is -2.37. The van der Waals surface area contributed by atoms with Gasteiger partial charge in [0.25, 0.3) is 0 Å². The molecule has 1 saturated heterocycles. The van der Waals surface area contributed by atoms with Crippen LogP contribution in [-0.2, 0) is 16.1 Å². The summed E-state index contributed by atoms with van der Waals surface area (Å²) in [5.74, 6) is 1.10. The Morgan fingerprint density at radius 1 is 1.24 bits per heavy atom. The molecule has 2 atom stereocenters. The van der Waals surface area contributed by atoms with Gasteiger partial charge in [0.15, 0.2) is 0 Å². The molecule has 3 rings (SSSR count). The second-order valence-electron chi connectivity index (χ2n) is 5.81. The van der Waals surface area contributed by atoms with Crippen LogP contribution in [0.15, 0.2) is 24.3 Å². The Morgan fingerprint density at radius 3 is 2.48 bits per heavy atom. The number of hydrogen-bond acceptors (Lipinski definition) is 3. The topological polar surface area (TPSA) is 58.6 Å². The molecule has 1 aliphatic heterocycles. The van der Waals surface area contributed by atoms with Crippen LogP contribution in [0, 0.1) is 5.92 Å². The number of carbonyl (C=O) groups is 2. The molecule has 0 aromatic heterocycles. The smallest absolute Gasteiger partial charge is 0.246 e. The van der Waals surface area contributed by atoms with Gasteiger partial charge in [0.2, 0.25) is 11.8 Å². The molecule has 0 spiro atoms. The van der Waals surface area contributed by atoms with Gasteiger partial charge in [0, 0.05) is 6.54 Å². The zero-order valence-electron chi connectivity index (χ0n) is 12.3. The van der Waals surface area contributed by atoms with Crippen molar-refractivity contribution in [2.45, 2.75) is 38.4 Å². The molecule has 112 valence electrons. The van der Waals surface area contributed by atoms with Crippen molar-refractivity contribution >= 4 is 11.8 Å². The van der Waals surface area contributed by atoms with Gasteiger partial charge in [0.05, 0.1) is 7.11 Å². The van der Waals surface area contributed by atoms with Crippen molar-refractivity contribution in [2.24, 2.45) is 5.92 Å².